The summed E-state index contributed by atoms with van der Waals surface area (Å²) in [4.78, 5) is 47.0. The summed E-state index contributed by atoms with van der Waals surface area (Å²) in [5, 5.41) is 13.4. The number of thiol groups is 1. The molecule has 0 spiro atoms. The lowest BCUT2D eigenvalue weighted by atomic mass is 10.1. The van der Waals surface area contributed by atoms with Crippen LogP contribution in [0, 0.1) is 0 Å². The molecular formula is C18H25N3O7S2. The van der Waals surface area contributed by atoms with Crippen LogP contribution in [0.15, 0.2) is 29.2 Å². The second kappa shape index (κ2) is 13.1. The molecule has 0 fully saturated rings. The number of hydrogen-bond acceptors (Lipinski definition) is 8. The molecule has 166 valence electrons. The molecule has 0 aliphatic carbocycles. The molecule has 1 aromatic rings. The van der Waals surface area contributed by atoms with E-state index in [1.165, 1.54) is 0 Å². The minimum absolute atomic E-state index is 0.0120. The van der Waals surface area contributed by atoms with Crippen molar-refractivity contribution in [3.63, 3.8) is 0 Å². The van der Waals surface area contributed by atoms with Crippen LogP contribution in [0.3, 0.4) is 0 Å². The van der Waals surface area contributed by atoms with Crippen molar-refractivity contribution < 1.29 is 33.6 Å². The molecule has 30 heavy (non-hydrogen) atoms. The van der Waals surface area contributed by atoms with Gasteiger partial charge in [0.1, 0.15) is 31.5 Å². The molecule has 2 unspecified atom stereocenters. The first-order valence-electron chi connectivity index (χ1n) is 8.88. The van der Waals surface area contributed by atoms with Gasteiger partial charge in [0.2, 0.25) is 11.8 Å². The van der Waals surface area contributed by atoms with Crippen LogP contribution in [-0.4, -0.2) is 64.0 Å². The van der Waals surface area contributed by atoms with Gasteiger partial charge in [-0.2, -0.15) is 12.6 Å². The number of carboxylic acids is 1. The third-order valence-electron chi connectivity index (χ3n) is 3.90. The quantitative estimate of drug-likeness (QED) is 0.153. The topological polar surface area (TPSA) is 171 Å². The number of aliphatic carboxylic acids is 1. The van der Waals surface area contributed by atoms with Crippen LogP contribution in [0.1, 0.15) is 18.4 Å². The van der Waals surface area contributed by atoms with Crippen molar-refractivity contribution in [2.75, 3.05) is 18.6 Å². The summed E-state index contributed by atoms with van der Waals surface area (Å²) in [7, 11) is 0. The second-order valence-corrected chi connectivity index (χ2v) is 8.01. The molecule has 0 bridgehead atoms. The Balaban J connectivity index is 2.38. The summed E-state index contributed by atoms with van der Waals surface area (Å²) in [5.74, 6) is -3.11. The maximum Gasteiger partial charge on any atom is 0.325 e. The number of ether oxygens (including phenoxy) is 1. The lowest BCUT2D eigenvalue weighted by Gasteiger charge is -2.16. The zero-order valence-corrected chi connectivity index (χ0v) is 18.0. The van der Waals surface area contributed by atoms with Crippen molar-refractivity contribution in [2.45, 2.75) is 36.4 Å². The standard InChI is InChI=1S/C18H25N3O7S2/c1-30(27)12-4-2-11(3-5-12)9-28-16(23)8-20-17(24)14(10-29)21-15(22)7-6-13(19)18(25)26/h2-5,13-14,29H,6-10,19H2,1H3,(H,20,24)(H,21,22)(H,25,26)/t13?,14?,30-/m0/s1. The van der Waals surface area contributed by atoms with Gasteiger partial charge in [0, 0.05) is 12.2 Å². The first-order valence-corrected chi connectivity index (χ1v) is 11.1. The van der Waals surface area contributed by atoms with Gasteiger partial charge in [0.25, 0.3) is 0 Å². The van der Waals surface area contributed by atoms with Crippen molar-refractivity contribution in [1.29, 1.82) is 0 Å². The van der Waals surface area contributed by atoms with Gasteiger partial charge in [0.05, 0.1) is 0 Å². The summed E-state index contributed by atoms with van der Waals surface area (Å²) < 4.78 is 16.4. The average Bonchev–Trinajstić information content (AvgIpc) is 2.72. The van der Waals surface area contributed by atoms with Gasteiger partial charge in [-0.1, -0.05) is 12.1 Å². The summed E-state index contributed by atoms with van der Waals surface area (Å²) in [5.41, 5.74) is 6.02. The fourth-order valence-electron chi connectivity index (χ4n) is 2.15. The van der Waals surface area contributed by atoms with Crippen molar-refractivity contribution in [1.82, 2.24) is 10.6 Å². The minimum atomic E-state index is -1.22. The van der Waals surface area contributed by atoms with Crippen LogP contribution >= 0.6 is 12.6 Å². The van der Waals surface area contributed by atoms with Crippen LogP contribution in [0.2, 0.25) is 0 Å². The van der Waals surface area contributed by atoms with Gasteiger partial charge < -0.3 is 30.8 Å². The molecule has 1 aromatic carbocycles. The number of nitrogens with two attached hydrogens (primary N) is 1. The molecule has 0 saturated carbocycles. The molecule has 2 amide bonds. The highest BCUT2D eigenvalue weighted by Gasteiger charge is 2.21. The number of nitrogens with one attached hydrogen (secondary N) is 2. The summed E-state index contributed by atoms with van der Waals surface area (Å²) in [6.45, 7) is -0.415. The third-order valence-corrected chi connectivity index (χ3v) is 5.20. The van der Waals surface area contributed by atoms with Gasteiger partial charge in [0.15, 0.2) is 4.90 Å². The van der Waals surface area contributed by atoms with Crippen LogP contribution in [0.5, 0.6) is 0 Å². The molecular weight excluding hydrogens is 434 g/mol. The second-order valence-electron chi connectivity index (χ2n) is 6.26. The van der Waals surface area contributed by atoms with E-state index in [0.29, 0.717) is 10.5 Å². The Hall–Kier alpha value is -2.28. The molecule has 10 nitrogen and oxygen atoms in total. The Labute approximate surface area is 182 Å². The van der Waals surface area contributed by atoms with Gasteiger partial charge in [-0.05, 0) is 35.3 Å². The van der Waals surface area contributed by atoms with Gasteiger partial charge in [-0.15, -0.1) is 0 Å². The summed E-state index contributed by atoms with van der Waals surface area (Å²) in [6, 6.07) is 4.54. The number of esters is 1. The predicted molar refractivity (Wildman–Crippen MR) is 112 cm³/mol. The highest BCUT2D eigenvalue weighted by molar-refractivity contribution is 7.90. The fourth-order valence-corrected chi connectivity index (χ4v) is 2.92. The van der Waals surface area contributed by atoms with Crippen molar-refractivity contribution in [3.8, 4) is 0 Å². The van der Waals surface area contributed by atoms with Crippen LogP contribution in [-0.2, 0) is 41.7 Å². The highest BCUT2D eigenvalue weighted by atomic mass is 32.2. The van der Waals surface area contributed by atoms with Crippen molar-refractivity contribution in [2.24, 2.45) is 5.73 Å². The lowest BCUT2D eigenvalue weighted by molar-refractivity contribution is -0.145. The highest BCUT2D eigenvalue weighted by Crippen LogP contribution is 2.11. The molecule has 5 N–H and O–H groups in total. The van der Waals surface area contributed by atoms with Crippen molar-refractivity contribution in [3.05, 3.63) is 29.8 Å². The zero-order chi connectivity index (χ0) is 22.7. The fraction of sp³-hybridized carbons (Fsp3) is 0.444. The average molecular weight is 460 g/mol. The van der Waals surface area contributed by atoms with Gasteiger partial charge >= 0.3 is 11.9 Å². The number of carbonyl (C=O) groups is 4. The summed E-state index contributed by atoms with van der Waals surface area (Å²) in [6.07, 6.45) is 1.31. The molecule has 0 saturated heterocycles. The Morgan fingerprint density at radius 2 is 1.90 bits per heavy atom. The smallest absolute Gasteiger partial charge is 0.325 e. The molecule has 3 atom stereocenters. The Morgan fingerprint density at radius 1 is 1.27 bits per heavy atom. The minimum Gasteiger partial charge on any atom is -0.612 e. The Bertz CT molecular complexity index is 744. The molecule has 0 radical (unpaired) electrons. The molecule has 12 heteroatoms. The van der Waals surface area contributed by atoms with Crippen LogP contribution in [0.25, 0.3) is 0 Å². The normalized spacial score (nSPS) is 13.6. The monoisotopic (exact) mass is 459 g/mol. The maximum atomic E-state index is 12.1. The Morgan fingerprint density at radius 3 is 2.43 bits per heavy atom. The number of benzene rings is 1. The Kier molecular flexibility index (Phi) is 11.3. The first kappa shape index (κ1) is 25.8. The SMILES string of the molecule is C[S@+]([O-])c1ccc(COC(=O)CNC(=O)C(CS)NC(=O)CCC(N)C(=O)O)cc1. The van der Waals surface area contributed by atoms with E-state index >= 15 is 0 Å². The zero-order valence-electron chi connectivity index (χ0n) is 16.3. The van der Waals surface area contributed by atoms with E-state index in [2.05, 4.69) is 23.3 Å². The van der Waals surface area contributed by atoms with Crippen LogP contribution in [0.4, 0.5) is 0 Å². The third kappa shape index (κ3) is 9.48. The molecule has 0 aliphatic rings. The molecule has 0 aliphatic heterocycles. The number of rotatable bonds is 12. The van der Waals surface area contributed by atoms with E-state index in [4.69, 9.17) is 15.6 Å². The molecule has 0 heterocycles. The first-order chi connectivity index (χ1) is 14.1. The largest absolute Gasteiger partial charge is 0.612 e. The van der Waals surface area contributed by atoms with Crippen molar-refractivity contribution >= 4 is 47.6 Å². The summed E-state index contributed by atoms with van der Waals surface area (Å²) >= 11 is 2.90. The van der Waals surface area contributed by atoms with E-state index in [-0.39, 0.29) is 25.2 Å². The lowest BCUT2D eigenvalue weighted by Crippen LogP contribution is -2.49. The number of carbonyl (C=O) groups excluding carboxylic acids is 3. The van der Waals surface area contributed by atoms with E-state index in [0.717, 1.165) is 0 Å². The molecule has 1 rings (SSSR count). The van der Waals surface area contributed by atoms with E-state index in [1.54, 1.807) is 30.5 Å². The number of hydrogen-bond donors (Lipinski definition) is 5. The van der Waals surface area contributed by atoms with E-state index in [1.807, 2.05) is 0 Å². The number of amides is 2. The maximum absolute atomic E-state index is 12.1. The van der Waals surface area contributed by atoms with Gasteiger partial charge in [-0.25, -0.2) is 0 Å². The predicted octanol–water partition coefficient (Wildman–Crippen LogP) is -0.810. The number of carboxylic acid groups (broad SMARTS) is 1. The molecule has 0 aromatic heterocycles. The van der Waals surface area contributed by atoms with E-state index in [9.17, 15) is 23.7 Å². The van der Waals surface area contributed by atoms with Crippen LogP contribution < -0.4 is 16.4 Å². The van der Waals surface area contributed by atoms with Gasteiger partial charge in [-0.3, -0.25) is 19.2 Å². The van der Waals surface area contributed by atoms with E-state index < -0.39 is 53.6 Å².